The predicted octanol–water partition coefficient (Wildman–Crippen LogP) is 4.72. The summed E-state index contributed by atoms with van der Waals surface area (Å²) in [5.74, 6) is -3.41. The summed E-state index contributed by atoms with van der Waals surface area (Å²) in [4.78, 5) is 22.1. The highest BCUT2D eigenvalue weighted by Gasteiger charge is 2.28. The van der Waals surface area contributed by atoms with E-state index in [0.29, 0.717) is 0 Å². The standard InChI is InChI=1S/C17H32O4/c1-3-5-7-9-11-14(12-10-8-6-4-2)13-15(16(18)19)17(20)21/h14-15H,3-13H2,1-2H3,(H,18,19)(H,20,21). The predicted molar refractivity (Wildman–Crippen MR) is 84.4 cm³/mol. The quantitative estimate of drug-likeness (QED) is 0.359. The summed E-state index contributed by atoms with van der Waals surface area (Å²) in [6, 6.07) is 0. The van der Waals surface area contributed by atoms with Crippen LogP contribution in [0.2, 0.25) is 0 Å². The van der Waals surface area contributed by atoms with Crippen LogP contribution in [0, 0.1) is 11.8 Å². The number of unbranched alkanes of at least 4 members (excludes halogenated alkanes) is 6. The highest BCUT2D eigenvalue weighted by atomic mass is 16.4. The van der Waals surface area contributed by atoms with Gasteiger partial charge >= 0.3 is 11.9 Å². The number of hydrogen-bond donors (Lipinski definition) is 2. The van der Waals surface area contributed by atoms with Crippen molar-refractivity contribution in [2.45, 2.75) is 84.5 Å². The number of hydrogen-bond acceptors (Lipinski definition) is 2. The van der Waals surface area contributed by atoms with Gasteiger partial charge in [-0.3, -0.25) is 9.59 Å². The Bertz CT molecular complexity index is 263. The highest BCUT2D eigenvalue weighted by molar-refractivity contribution is 5.92. The first-order valence-electron chi connectivity index (χ1n) is 8.48. The Hall–Kier alpha value is -1.06. The second kappa shape index (κ2) is 12.7. The molecule has 4 nitrogen and oxygen atoms in total. The second-order valence-corrected chi connectivity index (χ2v) is 6.03. The molecule has 0 saturated carbocycles. The van der Waals surface area contributed by atoms with Gasteiger partial charge in [-0.25, -0.2) is 0 Å². The number of carboxylic acids is 2. The third kappa shape index (κ3) is 10.3. The summed E-state index contributed by atoms with van der Waals surface area (Å²) in [5, 5.41) is 18.1. The molecule has 0 bridgehead atoms. The maximum atomic E-state index is 11.0. The van der Waals surface area contributed by atoms with Gasteiger partial charge in [0.05, 0.1) is 0 Å². The van der Waals surface area contributed by atoms with Crippen LogP contribution >= 0.6 is 0 Å². The van der Waals surface area contributed by atoms with E-state index in [1.54, 1.807) is 0 Å². The summed E-state index contributed by atoms with van der Waals surface area (Å²) < 4.78 is 0. The molecular weight excluding hydrogens is 268 g/mol. The number of carboxylic acid groups (broad SMARTS) is 2. The summed E-state index contributed by atoms with van der Waals surface area (Å²) in [5.41, 5.74) is 0. The lowest BCUT2D eigenvalue weighted by atomic mass is 9.86. The molecule has 0 aliphatic carbocycles. The summed E-state index contributed by atoms with van der Waals surface area (Å²) in [7, 11) is 0. The van der Waals surface area contributed by atoms with Crippen molar-refractivity contribution < 1.29 is 19.8 Å². The van der Waals surface area contributed by atoms with Crippen molar-refractivity contribution in [3.05, 3.63) is 0 Å². The fraction of sp³-hybridized carbons (Fsp3) is 0.882. The monoisotopic (exact) mass is 300 g/mol. The first-order valence-corrected chi connectivity index (χ1v) is 8.48. The van der Waals surface area contributed by atoms with E-state index >= 15 is 0 Å². The van der Waals surface area contributed by atoms with E-state index in [9.17, 15) is 9.59 Å². The third-order valence-corrected chi connectivity index (χ3v) is 4.10. The van der Waals surface area contributed by atoms with Crippen LogP contribution in [0.1, 0.15) is 84.5 Å². The normalized spacial score (nSPS) is 11.2. The molecule has 0 aliphatic rings. The van der Waals surface area contributed by atoms with Crippen LogP contribution in [-0.2, 0) is 9.59 Å². The zero-order valence-corrected chi connectivity index (χ0v) is 13.6. The molecule has 21 heavy (non-hydrogen) atoms. The Morgan fingerprint density at radius 3 is 1.52 bits per heavy atom. The minimum absolute atomic E-state index is 0.232. The number of rotatable bonds is 14. The minimum Gasteiger partial charge on any atom is -0.481 e. The molecule has 0 spiro atoms. The molecule has 0 atom stereocenters. The third-order valence-electron chi connectivity index (χ3n) is 4.10. The lowest BCUT2D eigenvalue weighted by Gasteiger charge is -2.19. The smallest absolute Gasteiger partial charge is 0.317 e. The molecular formula is C17H32O4. The van der Waals surface area contributed by atoms with E-state index in [0.717, 1.165) is 38.5 Å². The second-order valence-electron chi connectivity index (χ2n) is 6.03. The van der Waals surface area contributed by atoms with Gasteiger partial charge in [-0.1, -0.05) is 78.1 Å². The Kier molecular flexibility index (Phi) is 12.0. The number of aliphatic carboxylic acids is 2. The molecule has 4 heteroatoms. The zero-order chi connectivity index (χ0) is 16.1. The van der Waals surface area contributed by atoms with Crippen LogP contribution in [0.4, 0.5) is 0 Å². The molecule has 0 rings (SSSR count). The molecule has 0 fully saturated rings. The number of carbonyl (C=O) groups is 2. The fourth-order valence-electron chi connectivity index (χ4n) is 2.74. The summed E-state index contributed by atoms with van der Waals surface area (Å²) in [6.07, 6.45) is 11.4. The average molecular weight is 300 g/mol. The Labute approximate surface area is 128 Å². The first-order chi connectivity index (χ1) is 10.0. The molecule has 124 valence electrons. The van der Waals surface area contributed by atoms with Gasteiger partial charge in [0, 0.05) is 0 Å². The van der Waals surface area contributed by atoms with Crippen molar-refractivity contribution in [2.24, 2.45) is 11.8 Å². The summed E-state index contributed by atoms with van der Waals surface area (Å²) >= 11 is 0. The van der Waals surface area contributed by atoms with E-state index in [2.05, 4.69) is 13.8 Å². The maximum Gasteiger partial charge on any atom is 0.317 e. The SMILES string of the molecule is CCCCCCC(CCCCCC)CC(C(=O)O)C(=O)O. The van der Waals surface area contributed by atoms with E-state index in [-0.39, 0.29) is 12.3 Å². The molecule has 0 aliphatic heterocycles. The van der Waals surface area contributed by atoms with E-state index in [4.69, 9.17) is 10.2 Å². The molecule has 0 aromatic heterocycles. The van der Waals surface area contributed by atoms with Gasteiger partial charge in [-0.15, -0.1) is 0 Å². The van der Waals surface area contributed by atoms with Crippen LogP contribution in [0.25, 0.3) is 0 Å². The minimum atomic E-state index is -1.24. The van der Waals surface area contributed by atoms with E-state index < -0.39 is 17.9 Å². The van der Waals surface area contributed by atoms with Crippen LogP contribution in [0.5, 0.6) is 0 Å². The van der Waals surface area contributed by atoms with Gasteiger partial charge in [0.2, 0.25) is 0 Å². The fourth-order valence-corrected chi connectivity index (χ4v) is 2.74. The average Bonchev–Trinajstić information content (AvgIpc) is 2.43. The first kappa shape index (κ1) is 19.9. The molecule has 0 unspecified atom stereocenters. The van der Waals surface area contributed by atoms with Crippen molar-refractivity contribution >= 4 is 11.9 Å². The lowest BCUT2D eigenvalue weighted by Crippen LogP contribution is -2.26. The molecule has 0 saturated heterocycles. The summed E-state index contributed by atoms with van der Waals surface area (Å²) in [6.45, 7) is 4.32. The van der Waals surface area contributed by atoms with Crippen molar-refractivity contribution in [2.75, 3.05) is 0 Å². The van der Waals surface area contributed by atoms with Gasteiger partial charge < -0.3 is 10.2 Å². The molecule has 0 aromatic carbocycles. The van der Waals surface area contributed by atoms with Crippen LogP contribution in [-0.4, -0.2) is 22.2 Å². The van der Waals surface area contributed by atoms with Crippen LogP contribution < -0.4 is 0 Å². The highest BCUT2D eigenvalue weighted by Crippen LogP contribution is 2.25. The molecule has 0 aromatic rings. The van der Waals surface area contributed by atoms with Crippen molar-refractivity contribution in [3.8, 4) is 0 Å². The van der Waals surface area contributed by atoms with Crippen LogP contribution in [0.3, 0.4) is 0 Å². The molecule has 0 heterocycles. The maximum absolute atomic E-state index is 11.0. The van der Waals surface area contributed by atoms with E-state index in [1.807, 2.05) is 0 Å². The van der Waals surface area contributed by atoms with Gasteiger partial charge in [-0.2, -0.15) is 0 Å². The molecule has 2 N–H and O–H groups in total. The largest absolute Gasteiger partial charge is 0.481 e. The van der Waals surface area contributed by atoms with Gasteiger partial charge in [0.15, 0.2) is 5.92 Å². The Morgan fingerprint density at radius 2 is 1.19 bits per heavy atom. The van der Waals surface area contributed by atoms with E-state index in [1.165, 1.54) is 25.7 Å². The Morgan fingerprint density at radius 1 is 0.762 bits per heavy atom. The van der Waals surface area contributed by atoms with Crippen molar-refractivity contribution in [1.82, 2.24) is 0 Å². The van der Waals surface area contributed by atoms with Crippen LogP contribution in [0.15, 0.2) is 0 Å². The lowest BCUT2D eigenvalue weighted by molar-refractivity contribution is -0.155. The Balaban J connectivity index is 4.32. The molecule has 0 radical (unpaired) electrons. The van der Waals surface area contributed by atoms with Gasteiger partial charge in [0.25, 0.3) is 0 Å². The van der Waals surface area contributed by atoms with Crippen molar-refractivity contribution in [3.63, 3.8) is 0 Å². The van der Waals surface area contributed by atoms with Gasteiger partial charge in [-0.05, 0) is 12.3 Å². The molecule has 0 amide bonds. The topological polar surface area (TPSA) is 74.6 Å². The zero-order valence-electron chi connectivity index (χ0n) is 13.6. The van der Waals surface area contributed by atoms with Crippen molar-refractivity contribution in [1.29, 1.82) is 0 Å². The van der Waals surface area contributed by atoms with Gasteiger partial charge in [0.1, 0.15) is 0 Å².